The van der Waals surface area contributed by atoms with Crippen LogP contribution in [0.2, 0.25) is 10.0 Å². The van der Waals surface area contributed by atoms with Gasteiger partial charge >= 0.3 is 0 Å². The van der Waals surface area contributed by atoms with E-state index in [4.69, 9.17) is 27.6 Å². The molecule has 0 saturated heterocycles. The number of fused-ring (bicyclic) bond motifs is 1. The molecule has 3 aromatic rings. The average Bonchev–Trinajstić information content (AvgIpc) is 2.46. The molecule has 0 saturated carbocycles. The van der Waals surface area contributed by atoms with Crippen molar-refractivity contribution >= 4 is 46.1 Å². The average molecular weight is 318 g/mol. The van der Waals surface area contributed by atoms with Crippen molar-refractivity contribution in [3.05, 3.63) is 74.6 Å². The smallest absolute Gasteiger partial charge is 0.201 e. The second-order valence-corrected chi connectivity index (χ2v) is 5.28. The molecule has 1 heterocycles. The van der Waals surface area contributed by atoms with Crippen molar-refractivity contribution in [2.24, 2.45) is 4.99 Å². The molecule has 104 valence electrons. The molecule has 2 aromatic carbocycles. The number of hydrogen-bond donors (Lipinski definition) is 0. The lowest BCUT2D eigenvalue weighted by Gasteiger charge is -1.99. The molecule has 0 spiro atoms. The van der Waals surface area contributed by atoms with Crippen LogP contribution in [0, 0.1) is 0 Å². The lowest BCUT2D eigenvalue weighted by molar-refractivity contribution is 0.601. The Hall–Kier alpha value is -2.10. The Morgan fingerprint density at radius 1 is 1.05 bits per heavy atom. The fourth-order valence-electron chi connectivity index (χ4n) is 1.94. The summed E-state index contributed by atoms with van der Waals surface area (Å²) in [5, 5.41) is 1.49. The van der Waals surface area contributed by atoms with Crippen LogP contribution in [0.1, 0.15) is 5.56 Å². The molecule has 0 amide bonds. The van der Waals surface area contributed by atoms with Crippen LogP contribution in [0.4, 0.5) is 5.69 Å². The summed E-state index contributed by atoms with van der Waals surface area (Å²) in [6.07, 6.45) is 2.83. The van der Waals surface area contributed by atoms with Crippen LogP contribution in [0.15, 0.2) is 62.9 Å². The van der Waals surface area contributed by atoms with Crippen molar-refractivity contribution in [1.82, 2.24) is 0 Å². The van der Waals surface area contributed by atoms with Gasteiger partial charge in [0.1, 0.15) is 11.8 Å². The van der Waals surface area contributed by atoms with Gasteiger partial charge < -0.3 is 4.42 Å². The van der Waals surface area contributed by atoms with Gasteiger partial charge in [0.15, 0.2) is 0 Å². The molecular formula is C16H9Cl2NO2. The minimum absolute atomic E-state index is 0.131. The zero-order chi connectivity index (χ0) is 14.8. The first-order valence-corrected chi connectivity index (χ1v) is 6.90. The van der Waals surface area contributed by atoms with Gasteiger partial charge in [0.25, 0.3) is 0 Å². The Labute approximate surface area is 130 Å². The molecular weight excluding hydrogens is 309 g/mol. The number of rotatable bonds is 2. The quantitative estimate of drug-likeness (QED) is 0.634. The fraction of sp³-hybridized carbons (Fsp3) is 0. The number of nitrogens with zero attached hydrogens (tertiary/aromatic N) is 1. The van der Waals surface area contributed by atoms with Gasteiger partial charge in [0.2, 0.25) is 5.43 Å². The summed E-state index contributed by atoms with van der Waals surface area (Å²) >= 11 is 11.8. The highest BCUT2D eigenvalue weighted by atomic mass is 35.5. The van der Waals surface area contributed by atoms with E-state index in [0.717, 1.165) is 0 Å². The minimum atomic E-state index is -0.131. The van der Waals surface area contributed by atoms with E-state index in [1.807, 2.05) is 6.07 Å². The van der Waals surface area contributed by atoms with Crippen molar-refractivity contribution in [3.8, 4) is 0 Å². The third-order valence-corrected chi connectivity index (χ3v) is 3.34. The van der Waals surface area contributed by atoms with Crippen molar-refractivity contribution in [2.45, 2.75) is 0 Å². The van der Waals surface area contributed by atoms with Gasteiger partial charge in [0.05, 0.1) is 16.6 Å². The Morgan fingerprint density at radius 3 is 2.52 bits per heavy atom. The van der Waals surface area contributed by atoms with Gasteiger partial charge in [-0.2, -0.15) is 0 Å². The van der Waals surface area contributed by atoms with Crippen LogP contribution >= 0.6 is 23.2 Å². The van der Waals surface area contributed by atoms with E-state index in [9.17, 15) is 4.79 Å². The van der Waals surface area contributed by atoms with E-state index in [1.165, 1.54) is 12.5 Å². The Balaban J connectivity index is 2.03. The zero-order valence-electron chi connectivity index (χ0n) is 10.7. The molecule has 21 heavy (non-hydrogen) atoms. The summed E-state index contributed by atoms with van der Waals surface area (Å²) in [4.78, 5) is 16.5. The normalized spacial score (nSPS) is 11.3. The predicted octanol–water partition coefficient (Wildman–Crippen LogP) is 4.85. The van der Waals surface area contributed by atoms with Crippen molar-refractivity contribution in [3.63, 3.8) is 0 Å². The number of aliphatic imine (C=N–C) groups is 1. The third kappa shape index (κ3) is 2.99. The van der Waals surface area contributed by atoms with Crippen molar-refractivity contribution in [2.75, 3.05) is 0 Å². The molecule has 0 aliphatic carbocycles. The first kappa shape index (κ1) is 13.9. The van der Waals surface area contributed by atoms with Gasteiger partial charge in [-0.1, -0.05) is 35.3 Å². The Morgan fingerprint density at radius 2 is 1.76 bits per heavy atom. The molecule has 3 rings (SSSR count). The second kappa shape index (κ2) is 5.72. The van der Waals surface area contributed by atoms with Gasteiger partial charge in [-0.15, -0.1) is 0 Å². The molecule has 1 aromatic heterocycles. The molecule has 0 fully saturated rings. The highest BCUT2D eigenvalue weighted by Crippen LogP contribution is 2.24. The summed E-state index contributed by atoms with van der Waals surface area (Å²) in [6, 6.07) is 12.0. The van der Waals surface area contributed by atoms with Crippen LogP contribution in [-0.2, 0) is 0 Å². The second-order valence-electron chi connectivity index (χ2n) is 4.40. The summed E-state index contributed by atoms with van der Waals surface area (Å²) < 4.78 is 5.42. The minimum Gasteiger partial charge on any atom is -0.463 e. The van der Waals surface area contributed by atoms with E-state index in [2.05, 4.69) is 4.99 Å². The topological polar surface area (TPSA) is 42.6 Å². The highest BCUT2D eigenvalue weighted by Gasteiger charge is 2.04. The fourth-order valence-corrected chi connectivity index (χ4v) is 2.45. The molecule has 5 heteroatoms. The molecule has 0 N–H and O–H groups in total. The first-order chi connectivity index (χ1) is 10.1. The monoisotopic (exact) mass is 317 g/mol. The molecule has 0 aliphatic heterocycles. The van der Waals surface area contributed by atoms with E-state index in [0.29, 0.717) is 32.3 Å². The standard InChI is InChI=1S/C16H9Cl2NO2/c17-11-5-12(18)7-13(6-11)19-8-10-9-21-15-4-2-1-3-14(15)16(10)20/h1-9H. The molecule has 3 nitrogen and oxygen atoms in total. The van der Waals surface area contributed by atoms with Gasteiger partial charge in [-0.05, 0) is 30.3 Å². The summed E-state index contributed by atoms with van der Waals surface area (Å²) in [7, 11) is 0. The van der Waals surface area contributed by atoms with Crippen LogP contribution in [0.5, 0.6) is 0 Å². The van der Waals surface area contributed by atoms with E-state index in [1.54, 1.807) is 36.4 Å². The highest BCUT2D eigenvalue weighted by molar-refractivity contribution is 6.35. The summed E-state index contributed by atoms with van der Waals surface area (Å²) in [5.41, 5.74) is 1.35. The van der Waals surface area contributed by atoms with Crippen molar-refractivity contribution in [1.29, 1.82) is 0 Å². The zero-order valence-corrected chi connectivity index (χ0v) is 12.2. The number of hydrogen-bond acceptors (Lipinski definition) is 3. The summed E-state index contributed by atoms with van der Waals surface area (Å²) in [6.45, 7) is 0. The van der Waals surface area contributed by atoms with Crippen LogP contribution < -0.4 is 5.43 Å². The van der Waals surface area contributed by atoms with E-state index >= 15 is 0 Å². The maximum atomic E-state index is 12.3. The molecule has 0 atom stereocenters. The lowest BCUT2D eigenvalue weighted by atomic mass is 10.2. The van der Waals surface area contributed by atoms with Crippen molar-refractivity contribution < 1.29 is 4.42 Å². The van der Waals surface area contributed by atoms with Crippen LogP contribution in [0.25, 0.3) is 11.0 Å². The molecule has 0 unspecified atom stereocenters. The van der Waals surface area contributed by atoms with Crippen LogP contribution in [-0.4, -0.2) is 6.21 Å². The van der Waals surface area contributed by atoms with E-state index < -0.39 is 0 Å². The number of halogens is 2. The van der Waals surface area contributed by atoms with Gasteiger partial charge in [-0.25, -0.2) is 0 Å². The summed E-state index contributed by atoms with van der Waals surface area (Å²) in [5.74, 6) is 0. The van der Waals surface area contributed by atoms with Gasteiger partial charge in [-0.3, -0.25) is 9.79 Å². The lowest BCUT2D eigenvalue weighted by Crippen LogP contribution is -2.07. The molecule has 0 bridgehead atoms. The maximum Gasteiger partial charge on any atom is 0.201 e. The first-order valence-electron chi connectivity index (χ1n) is 6.14. The SMILES string of the molecule is O=c1c(C=Nc2cc(Cl)cc(Cl)c2)coc2ccccc12. The number of para-hydroxylation sites is 1. The Bertz CT molecular complexity index is 880. The van der Waals surface area contributed by atoms with E-state index in [-0.39, 0.29) is 5.43 Å². The largest absolute Gasteiger partial charge is 0.463 e. The molecule has 0 aliphatic rings. The maximum absolute atomic E-state index is 12.3. The Kier molecular flexibility index (Phi) is 3.78. The predicted molar refractivity (Wildman–Crippen MR) is 86.2 cm³/mol. The molecule has 0 radical (unpaired) electrons. The van der Waals surface area contributed by atoms with Gasteiger partial charge in [0, 0.05) is 16.3 Å². The van der Waals surface area contributed by atoms with Crippen LogP contribution in [0.3, 0.4) is 0 Å². The third-order valence-electron chi connectivity index (χ3n) is 2.91. The number of benzene rings is 2.